The number of Topliss-reactive ketones (excluding diaryl/α,β-unsaturated/α-hetero) is 1. The molecule has 0 saturated heterocycles. The monoisotopic (exact) mass is 444 g/mol. The number of hydrogen-bond acceptors (Lipinski definition) is 6. The van der Waals surface area contributed by atoms with Crippen molar-refractivity contribution in [3.8, 4) is 11.5 Å². The number of aryl methyl sites for hydroxylation is 1. The van der Waals surface area contributed by atoms with E-state index in [2.05, 4.69) is 10.6 Å². The molecule has 0 fully saturated rings. The van der Waals surface area contributed by atoms with Crippen LogP contribution in [0.3, 0.4) is 0 Å². The second kappa shape index (κ2) is 10.9. The Hall–Kier alpha value is -4.26. The molecule has 2 N–H and O–H groups in total. The number of ketones is 1. The summed E-state index contributed by atoms with van der Waals surface area (Å²) >= 11 is 0. The molecule has 0 aliphatic carbocycles. The number of rotatable bonds is 6. The van der Waals surface area contributed by atoms with E-state index in [1.54, 1.807) is 19.1 Å². The molecule has 0 saturated carbocycles. The van der Waals surface area contributed by atoms with Gasteiger partial charge in [0.2, 0.25) is 5.91 Å². The van der Waals surface area contributed by atoms with Crippen LogP contribution in [0.5, 0.6) is 11.5 Å². The van der Waals surface area contributed by atoms with Gasteiger partial charge in [0.25, 0.3) is 0 Å². The lowest BCUT2D eigenvalue weighted by Gasteiger charge is -2.17. The van der Waals surface area contributed by atoms with Crippen molar-refractivity contribution in [3.63, 3.8) is 0 Å². The largest absolute Gasteiger partial charge is 0.457 e. The molecular formula is C26H24N2O5. The highest BCUT2D eigenvalue weighted by Gasteiger charge is 2.15. The van der Waals surface area contributed by atoms with Crippen molar-refractivity contribution < 1.29 is 23.9 Å². The maximum Gasteiger partial charge on any atom is 0.224 e. The number of carbonyl (C=O) groups excluding carboxylic acids is 4. The van der Waals surface area contributed by atoms with Crippen LogP contribution in [0.4, 0.5) is 11.4 Å². The predicted octanol–water partition coefficient (Wildman–Crippen LogP) is 4.92. The lowest BCUT2D eigenvalue weighted by atomic mass is 10.0. The fourth-order valence-corrected chi connectivity index (χ4v) is 3.25. The predicted molar refractivity (Wildman–Crippen MR) is 127 cm³/mol. The average Bonchev–Trinajstić information content (AvgIpc) is 2.84. The van der Waals surface area contributed by atoms with Gasteiger partial charge in [-0.25, -0.2) is 0 Å². The number of fused-ring (bicyclic) bond motifs is 1. The fourth-order valence-electron chi connectivity index (χ4n) is 3.25. The maximum atomic E-state index is 11.4. The van der Waals surface area contributed by atoms with Gasteiger partial charge in [-0.2, -0.15) is 0 Å². The SMILES string of the molecule is CNc1ccc(C(C)=O)cc1.O=Cc1ccc(Oc2ccc3c(c2)NC(=O)CC3)cc1C=O. The van der Waals surface area contributed by atoms with Crippen LogP contribution in [-0.2, 0) is 11.2 Å². The van der Waals surface area contributed by atoms with E-state index in [1.807, 2.05) is 43.4 Å². The van der Waals surface area contributed by atoms with Gasteiger partial charge >= 0.3 is 0 Å². The van der Waals surface area contributed by atoms with Crippen molar-refractivity contribution in [1.29, 1.82) is 0 Å². The van der Waals surface area contributed by atoms with E-state index in [0.717, 1.165) is 22.5 Å². The first-order valence-electron chi connectivity index (χ1n) is 10.4. The topological polar surface area (TPSA) is 102 Å². The van der Waals surface area contributed by atoms with Crippen molar-refractivity contribution >= 4 is 35.6 Å². The molecular weight excluding hydrogens is 420 g/mol. The Bertz CT molecular complexity index is 1190. The summed E-state index contributed by atoms with van der Waals surface area (Å²) in [6.45, 7) is 1.56. The highest BCUT2D eigenvalue weighted by Crippen LogP contribution is 2.30. The molecule has 1 aliphatic rings. The number of amides is 1. The van der Waals surface area contributed by atoms with Gasteiger partial charge in [-0.15, -0.1) is 0 Å². The Morgan fingerprint density at radius 2 is 1.58 bits per heavy atom. The Labute approximate surface area is 191 Å². The van der Waals surface area contributed by atoms with Crippen molar-refractivity contribution in [1.82, 2.24) is 0 Å². The summed E-state index contributed by atoms with van der Waals surface area (Å²) in [5.41, 5.74) is 4.18. The summed E-state index contributed by atoms with van der Waals surface area (Å²) in [7, 11) is 1.85. The molecule has 7 heteroatoms. The van der Waals surface area contributed by atoms with E-state index >= 15 is 0 Å². The van der Waals surface area contributed by atoms with Crippen LogP contribution in [0.15, 0.2) is 60.7 Å². The second-order valence-corrected chi connectivity index (χ2v) is 7.38. The molecule has 168 valence electrons. The Morgan fingerprint density at radius 1 is 0.909 bits per heavy atom. The van der Waals surface area contributed by atoms with Gasteiger partial charge in [0.15, 0.2) is 18.4 Å². The molecule has 1 heterocycles. The highest BCUT2D eigenvalue weighted by atomic mass is 16.5. The zero-order chi connectivity index (χ0) is 23.8. The number of benzene rings is 3. The Morgan fingerprint density at radius 3 is 2.21 bits per heavy atom. The lowest BCUT2D eigenvalue weighted by molar-refractivity contribution is -0.116. The van der Waals surface area contributed by atoms with Crippen LogP contribution in [0.1, 0.15) is 50.0 Å². The van der Waals surface area contributed by atoms with Crippen LogP contribution >= 0.6 is 0 Å². The van der Waals surface area contributed by atoms with Crippen LogP contribution in [-0.4, -0.2) is 31.3 Å². The number of hydrogen-bond donors (Lipinski definition) is 2. The van der Waals surface area contributed by atoms with Gasteiger partial charge < -0.3 is 15.4 Å². The van der Waals surface area contributed by atoms with Crippen LogP contribution in [0.2, 0.25) is 0 Å². The van der Waals surface area contributed by atoms with E-state index in [-0.39, 0.29) is 17.3 Å². The van der Waals surface area contributed by atoms with Crippen molar-refractivity contribution in [3.05, 3.63) is 82.9 Å². The Kier molecular flexibility index (Phi) is 7.70. The Balaban J connectivity index is 0.000000235. The molecule has 0 bridgehead atoms. The molecule has 33 heavy (non-hydrogen) atoms. The molecule has 1 aliphatic heterocycles. The molecule has 3 aromatic carbocycles. The summed E-state index contributed by atoms with van der Waals surface area (Å²) < 4.78 is 5.70. The standard InChI is InChI=1S/C17H13NO4.C9H11NO/c19-9-12-2-5-14(7-13(12)10-20)22-15-4-1-11-3-6-17(21)18-16(11)8-15;1-7(11)8-3-5-9(10-2)6-4-8/h1-2,4-5,7-10H,3,6H2,(H,18,21);3-6,10H,1-2H3. The summed E-state index contributed by atoms with van der Waals surface area (Å²) in [5.74, 6) is 1.10. The molecule has 0 spiro atoms. The van der Waals surface area contributed by atoms with Gasteiger partial charge in [-0.3, -0.25) is 19.2 Å². The molecule has 0 aromatic heterocycles. The quantitative estimate of drug-likeness (QED) is 0.413. The third-order valence-electron chi connectivity index (χ3n) is 5.10. The van der Waals surface area contributed by atoms with Gasteiger partial charge in [0.05, 0.1) is 0 Å². The van der Waals surface area contributed by atoms with Gasteiger partial charge in [0, 0.05) is 47.6 Å². The zero-order valence-corrected chi connectivity index (χ0v) is 18.4. The average molecular weight is 444 g/mol. The first-order valence-corrected chi connectivity index (χ1v) is 10.4. The summed E-state index contributed by atoms with van der Waals surface area (Å²) in [4.78, 5) is 44.0. The number of aldehydes is 2. The first-order chi connectivity index (χ1) is 15.9. The lowest BCUT2D eigenvalue weighted by Crippen LogP contribution is -2.18. The van der Waals surface area contributed by atoms with Crippen molar-refractivity contribution in [2.45, 2.75) is 19.8 Å². The molecule has 1 amide bonds. The maximum absolute atomic E-state index is 11.4. The van der Waals surface area contributed by atoms with Gasteiger partial charge in [-0.1, -0.05) is 6.07 Å². The number of anilines is 2. The summed E-state index contributed by atoms with van der Waals surface area (Å²) in [5, 5.41) is 5.79. The normalized spacial score (nSPS) is 11.8. The van der Waals surface area contributed by atoms with Gasteiger partial charge in [-0.05, 0) is 67.4 Å². The third kappa shape index (κ3) is 6.13. The molecule has 0 atom stereocenters. The second-order valence-electron chi connectivity index (χ2n) is 7.38. The summed E-state index contributed by atoms with van der Waals surface area (Å²) in [6, 6.07) is 17.5. The number of carbonyl (C=O) groups is 4. The first kappa shape index (κ1) is 23.4. The van der Waals surface area contributed by atoms with Gasteiger partial charge in [0.1, 0.15) is 11.5 Å². The minimum Gasteiger partial charge on any atom is -0.457 e. The molecule has 0 unspecified atom stereocenters. The van der Waals surface area contributed by atoms with Crippen LogP contribution < -0.4 is 15.4 Å². The summed E-state index contributed by atoms with van der Waals surface area (Å²) in [6.07, 6.45) is 2.44. The van der Waals surface area contributed by atoms with Crippen LogP contribution in [0, 0.1) is 0 Å². The van der Waals surface area contributed by atoms with E-state index in [1.165, 1.54) is 12.1 Å². The molecule has 0 radical (unpaired) electrons. The minimum absolute atomic E-state index is 0.0109. The minimum atomic E-state index is -0.0109. The van der Waals surface area contributed by atoms with E-state index in [4.69, 9.17) is 4.74 Å². The fraction of sp³-hybridized carbons (Fsp3) is 0.154. The zero-order valence-electron chi connectivity index (χ0n) is 18.4. The molecule has 4 rings (SSSR count). The van der Waals surface area contributed by atoms with E-state index in [9.17, 15) is 19.2 Å². The third-order valence-corrected chi connectivity index (χ3v) is 5.10. The number of ether oxygens (including phenoxy) is 1. The van der Waals surface area contributed by atoms with E-state index < -0.39 is 0 Å². The van der Waals surface area contributed by atoms with Crippen molar-refractivity contribution in [2.75, 3.05) is 17.7 Å². The molecule has 7 nitrogen and oxygen atoms in total. The van der Waals surface area contributed by atoms with Crippen LogP contribution in [0.25, 0.3) is 0 Å². The molecule has 3 aromatic rings. The smallest absolute Gasteiger partial charge is 0.224 e. The van der Waals surface area contributed by atoms with E-state index in [0.29, 0.717) is 42.5 Å². The van der Waals surface area contributed by atoms with Crippen molar-refractivity contribution in [2.24, 2.45) is 0 Å². The number of nitrogens with one attached hydrogen (secondary N) is 2. The highest BCUT2D eigenvalue weighted by molar-refractivity contribution is 5.95.